The fourth-order valence-electron chi connectivity index (χ4n) is 5.82. The molecule has 0 unspecified atom stereocenters. The van der Waals surface area contributed by atoms with E-state index in [-0.39, 0.29) is 17.4 Å². The Balaban J connectivity index is 0.00000124. The lowest BCUT2D eigenvalue weighted by Gasteiger charge is -2.31. The van der Waals surface area contributed by atoms with Gasteiger partial charge in [-0.25, -0.2) is 0 Å². The molecule has 3 heteroatoms. The monoisotopic (exact) mass is 594 g/mol. The minimum Gasteiger partial charge on any atom is -0.488 e. The lowest BCUT2D eigenvalue weighted by atomic mass is 9.73. The van der Waals surface area contributed by atoms with Gasteiger partial charge >= 0.3 is 0 Å². The van der Waals surface area contributed by atoms with E-state index in [0.29, 0.717) is 6.61 Å². The van der Waals surface area contributed by atoms with Crippen LogP contribution in [0.15, 0.2) is 72.8 Å². The van der Waals surface area contributed by atoms with Crippen LogP contribution in [0.3, 0.4) is 0 Å². The highest BCUT2D eigenvalue weighted by Crippen LogP contribution is 2.39. The summed E-state index contributed by atoms with van der Waals surface area (Å²) in [6.07, 6.45) is 0. The Hall–Kier alpha value is -3.56. The highest BCUT2D eigenvalue weighted by Gasteiger charge is 2.28. The quantitative estimate of drug-likeness (QED) is 0.220. The Kier molecular flexibility index (Phi) is 11.5. The van der Waals surface area contributed by atoms with Crippen LogP contribution in [0.2, 0.25) is 0 Å². The van der Waals surface area contributed by atoms with Crippen molar-refractivity contribution in [3.05, 3.63) is 123 Å². The topological polar surface area (TPSA) is 38.7 Å². The molecule has 44 heavy (non-hydrogen) atoms. The van der Waals surface area contributed by atoms with Gasteiger partial charge in [0.15, 0.2) is 0 Å². The molecule has 0 aliphatic heterocycles. The van der Waals surface area contributed by atoms with E-state index in [1.807, 2.05) is 48.5 Å². The summed E-state index contributed by atoms with van der Waals surface area (Å²) in [5.74, 6) is 3.28. The minimum atomic E-state index is -0.131. The van der Waals surface area contributed by atoms with Gasteiger partial charge in [-0.05, 0) is 113 Å². The average molecular weight is 595 g/mol. The number of aliphatic hydroxyl groups excluding tert-OH is 1. The van der Waals surface area contributed by atoms with Gasteiger partial charge in [-0.1, -0.05) is 104 Å². The van der Waals surface area contributed by atoms with Crippen LogP contribution in [0.4, 0.5) is 0 Å². The highest BCUT2D eigenvalue weighted by atomic mass is 16.5. The molecule has 4 aromatic rings. The number of rotatable bonds is 8. The maximum Gasteiger partial charge on any atom is 0.127 e. The molecule has 0 saturated heterocycles. The number of benzene rings is 4. The van der Waals surface area contributed by atoms with Gasteiger partial charge in [0.25, 0.3) is 0 Å². The minimum absolute atomic E-state index is 0.0270. The van der Waals surface area contributed by atoms with Gasteiger partial charge < -0.3 is 14.6 Å². The summed E-state index contributed by atoms with van der Waals surface area (Å²) >= 11 is 0. The molecule has 4 rings (SSSR count). The van der Waals surface area contributed by atoms with Crippen LogP contribution in [0.5, 0.6) is 17.2 Å². The van der Waals surface area contributed by atoms with Crippen LogP contribution < -0.4 is 9.47 Å². The van der Waals surface area contributed by atoms with Crippen molar-refractivity contribution in [1.29, 1.82) is 0 Å². The molecule has 0 aliphatic rings. The molecule has 0 amide bonds. The first kappa shape index (κ1) is 34.9. The Morgan fingerprint density at radius 1 is 0.614 bits per heavy atom. The van der Waals surface area contributed by atoms with E-state index in [1.165, 1.54) is 27.8 Å². The summed E-state index contributed by atoms with van der Waals surface area (Å²) in [5, 5.41) is 9.21. The lowest BCUT2D eigenvalue weighted by Crippen LogP contribution is -2.22. The molecule has 0 atom stereocenters. The summed E-state index contributed by atoms with van der Waals surface area (Å²) in [5.41, 5.74) is 11.0. The molecule has 0 aliphatic carbocycles. The van der Waals surface area contributed by atoms with Crippen molar-refractivity contribution < 1.29 is 14.6 Å². The molecule has 0 saturated carbocycles. The molecule has 236 valence electrons. The van der Waals surface area contributed by atoms with Crippen molar-refractivity contribution in [3.63, 3.8) is 0 Å². The standard InChI is InChI=1S/C37H44O3.C4H10/c1-24-18-30(19-25(2)34(24)36(5,6)7)37(8,9)31-20-26(3)35(27(4)21-31)39-23-29-12-16-33(17-13-29)40-32-14-10-28(22-38)11-15-32;1-4(2)3/h10-21,38H,22-23H2,1-9H3;4H,1-3H3. The van der Waals surface area contributed by atoms with Crippen molar-refractivity contribution in [2.75, 3.05) is 0 Å². The van der Waals surface area contributed by atoms with E-state index < -0.39 is 0 Å². The molecule has 0 radical (unpaired) electrons. The Labute approximate surface area is 267 Å². The second-order valence-electron chi connectivity index (χ2n) is 14.4. The van der Waals surface area contributed by atoms with Crippen molar-refractivity contribution in [1.82, 2.24) is 0 Å². The number of ether oxygens (including phenoxy) is 2. The molecular formula is C41H54O3. The molecular weight excluding hydrogens is 540 g/mol. The normalized spacial score (nSPS) is 11.7. The van der Waals surface area contributed by atoms with E-state index in [1.54, 1.807) is 0 Å². The maximum absolute atomic E-state index is 9.21. The van der Waals surface area contributed by atoms with Gasteiger partial charge in [0.1, 0.15) is 23.9 Å². The largest absolute Gasteiger partial charge is 0.488 e. The Bertz CT molecular complexity index is 1470. The average Bonchev–Trinajstić information content (AvgIpc) is 2.92. The van der Waals surface area contributed by atoms with Crippen LogP contribution >= 0.6 is 0 Å². The predicted octanol–water partition coefficient (Wildman–Crippen LogP) is 11.1. The van der Waals surface area contributed by atoms with Crippen LogP contribution in [-0.4, -0.2) is 5.11 Å². The maximum atomic E-state index is 9.21. The van der Waals surface area contributed by atoms with Gasteiger partial charge in [0.2, 0.25) is 0 Å². The molecule has 0 heterocycles. The highest BCUT2D eigenvalue weighted by molar-refractivity contribution is 5.51. The van der Waals surface area contributed by atoms with E-state index in [2.05, 4.69) is 107 Å². The number of aliphatic hydroxyl groups is 1. The van der Waals surface area contributed by atoms with Crippen LogP contribution in [0, 0.1) is 33.6 Å². The van der Waals surface area contributed by atoms with Crippen LogP contribution in [-0.2, 0) is 24.0 Å². The SMILES string of the molecule is CC(C)C.Cc1cc(C(C)(C)c2cc(C)c(C(C)(C)C)c(C)c2)cc(C)c1OCc1ccc(Oc2ccc(CO)cc2)cc1. The lowest BCUT2D eigenvalue weighted by molar-refractivity contribution is 0.281. The molecule has 3 nitrogen and oxygen atoms in total. The van der Waals surface area contributed by atoms with Crippen molar-refractivity contribution in [2.45, 2.75) is 107 Å². The second kappa shape index (κ2) is 14.5. The molecule has 0 bridgehead atoms. The van der Waals surface area contributed by atoms with E-state index in [9.17, 15) is 5.11 Å². The molecule has 1 N–H and O–H groups in total. The zero-order valence-corrected chi connectivity index (χ0v) is 29.2. The molecule has 4 aromatic carbocycles. The van der Waals surface area contributed by atoms with Gasteiger partial charge in [-0.3, -0.25) is 0 Å². The van der Waals surface area contributed by atoms with Crippen LogP contribution in [0.1, 0.15) is 105 Å². The predicted molar refractivity (Wildman–Crippen MR) is 186 cm³/mol. The summed E-state index contributed by atoms with van der Waals surface area (Å²) in [7, 11) is 0. The van der Waals surface area contributed by atoms with Gasteiger partial charge in [0.05, 0.1) is 6.61 Å². The van der Waals surface area contributed by atoms with E-state index in [0.717, 1.165) is 45.4 Å². The smallest absolute Gasteiger partial charge is 0.127 e. The molecule has 0 aromatic heterocycles. The molecule has 0 spiro atoms. The van der Waals surface area contributed by atoms with Crippen molar-refractivity contribution in [2.24, 2.45) is 5.92 Å². The summed E-state index contributed by atoms with van der Waals surface area (Å²) in [6, 6.07) is 24.7. The second-order valence-corrected chi connectivity index (χ2v) is 14.4. The zero-order valence-electron chi connectivity index (χ0n) is 29.2. The van der Waals surface area contributed by atoms with E-state index in [4.69, 9.17) is 9.47 Å². The third-order valence-corrected chi connectivity index (χ3v) is 7.83. The Morgan fingerprint density at radius 2 is 1.00 bits per heavy atom. The van der Waals surface area contributed by atoms with Gasteiger partial charge in [-0.15, -0.1) is 0 Å². The van der Waals surface area contributed by atoms with Crippen molar-refractivity contribution in [3.8, 4) is 17.2 Å². The molecule has 0 fully saturated rings. The third kappa shape index (κ3) is 8.99. The van der Waals surface area contributed by atoms with Gasteiger partial charge in [-0.2, -0.15) is 0 Å². The number of hydrogen-bond donors (Lipinski definition) is 1. The first-order valence-corrected chi connectivity index (χ1v) is 15.9. The van der Waals surface area contributed by atoms with Crippen LogP contribution in [0.25, 0.3) is 0 Å². The van der Waals surface area contributed by atoms with Gasteiger partial charge in [0, 0.05) is 5.41 Å². The van der Waals surface area contributed by atoms with Crippen molar-refractivity contribution >= 4 is 0 Å². The first-order valence-electron chi connectivity index (χ1n) is 15.9. The summed E-state index contributed by atoms with van der Waals surface area (Å²) in [6.45, 7) is 27.3. The Morgan fingerprint density at radius 3 is 1.39 bits per heavy atom. The number of aryl methyl sites for hydroxylation is 4. The zero-order chi connectivity index (χ0) is 32.8. The fraction of sp³-hybridized carbons (Fsp3) is 0.415. The number of hydrogen-bond acceptors (Lipinski definition) is 3. The third-order valence-electron chi connectivity index (χ3n) is 7.83. The van der Waals surface area contributed by atoms with E-state index >= 15 is 0 Å². The fourth-order valence-corrected chi connectivity index (χ4v) is 5.82. The summed E-state index contributed by atoms with van der Waals surface area (Å²) in [4.78, 5) is 0. The summed E-state index contributed by atoms with van der Waals surface area (Å²) < 4.78 is 12.3. The first-order chi connectivity index (χ1) is 20.5.